The van der Waals surface area contributed by atoms with Gasteiger partial charge >= 0.3 is 0 Å². The van der Waals surface area contributed by atoms with Crippen molar-refractivity contribution in [3.63, 3.8) is 0 Å². The highest BCUT2D eigenvalue weighted by Gasteiger charge is 2.14. The molecule has 0 atom stereocenters. The van der Waals surface area contributed by atoms with Crippen LogP contribution in [0.3, 0.4) is 0 Å². The summed E-state index contributed by atoms with van der Waals surface area (Å²) in [5, 5.41) is 0.706. The van der Waals surface area contributed by atoms with Crippen molar-refractivity contribution in [2.45, 2.75) is 26.4 Å². The molecule has 1 radical (unpaired) electrons. The molecule has 1 heterocycles. The quantitative estimate of drug-likeness (QED) is 0.675. The average Bonchev–Trinajstić information content (AvgIpc) is 2.93. The van der Waals surface area contributed by atoms with E-state index in [-0.39, 0.29) is 0 Å². The summed E-state index contributed by atoms with van der Waals surface area (Å²) in [5.74, 6) is 1.02. The van der Waals surface area contributed by atoms with Gasteiger partial charge in [-0.15, -0.1) is 0 Å². The highest BCUT2D eigenvalue weighted by Crippen LogP contribution is 2.28. The maximum absolute atomic E-state index is 6.41. The maximum Gasteiger partial charge on any atom is 0.114 e. The van der Waals surface area contributed by atoms with Gasteiger partial charge in [-0.05, 0) is 48.7 Å². The first-order chi connectivity index (χ1) is 11.2. The van der Waals surface area contributed by atoms with Crippen molar-refractivity contribution in [2.75, 3.05) is 7.11 Å². The number of hydrogen-bond acceptors (Lipinski definition) is 2. The van der Waals surface area contributed by atoms with Gasteiger partial charge in [-0.3, -0.25) is 4.57 Å². The molecule has 0 aliphatic rings. The fourth-order valence-corrected chi connectivity index (χ4v) is 3.01. The van der Waals surface area contributed by atoms with Crippen molar-refractivity contribution >= 4 is 22.6 Å². The minimum atomic E-state index is 0.487. The molecule has 0 unspecified atom stereocenters. The summed E-state index contributed by atoms with van der Waals surface area (Å²) < 4.78 is 7.38. The van der Waals surface area contributed by atoms with Crippen LogP contribution in [0.15, 0.2) is 36.4 Å². The first-order valence-corrected chi connectivity index (χ1v) is 8.13. The van der Waals surface area contributed by atoms with E-state index in [0.29, 0.717) is 11.6 Å². The van der Waals surface area contributed by atoms with Gasteiger partial charge in [-0.2, -0.15) is 0 Å². The van der Waals surface area contributed by atoms with Gasteiger partial charge in [0.05, 0.1) is 17.6 Å². The van der Waals surface area contributed by atoms with Crippen LogP contribution in [0.2, 0.25) is 5.02 Å². The minimum Gasteiger partial charge on any atom is -0.380 e. The van der Waals surface area contributed by atoms with E-state index in [9.17, 15) is 0 Å². The Kier molecular flexibility index (Phi) is 4.69. The van der Waals surface area contributed by atoms with Gasteiger partial charge < -0.3 is 4.74 Å². The Morgan fingerprint density at radius 3 is 2.57 bits per heavy atom. The molecule has 3 nitrogen and oxygen atoms in total. The fraction of sp³-hybridized carbons (Fsp3) is 0.263. The number of ether oxygens (including phenoxy) is 1. The van der Waals surface area contributed by atoms with Crippen molar-refractivity contribution < 1.29 is 4.74 Å². The lowest BCUT2D eigenvalue weighted by molar-refractivity contribution is 0.185. The second-order valence-electron chi connectivity index (χ2n) is 5.50. The number of methoxy groups -OCH3 is 1. The Morgan fingerprint density at radius 1 is 1.22 bits per heavy atom. The third-order valence-electron chi connectivity index (χ3n) is 3.99. The molecule has 0 bridgehead atoms. The van der Waals surface area contributed by atoms with Crippen LogP contribution in [0.5, 0.6) is 0 Å². The first kappa shape index (κ1) is 16.0. The molecule has 0 amide bonds. The Balaban J connectivity index is 2.19. The second kappa shape index (κ2) is 6.73. The van der Waals surface area contributed by atoms with E-state index in [1.54, 1.807) is 7.11 Å². The van der Waals surface area contributed by atoms with Crippen molar-refractivity contribution in [3.8, 4) is 5.69 Å². The smallest absolute Gasteiger partial charge is 0.114 e. The molecule has 4 heteroatoms. The number of halogens is 1. The number of benzene rings is 2. The molecule has 0 spiro atoms. The summed E-state index contributed by atoms with van der Waals surface area (Å²) in [6.45, 7) is 6.52. The Labute approximate surface area is 141 Å². The molecule has 0 saturated carbocycles. The highest BCUT2D eigenvalue weighted by atomic mass is 35.5. The summed E-state index contributed by atoms with van der Waals surface area (Å²) >= 11 is 6.41. The molecule has 1 aromatic heterocycles. The van der Waals surface area contributed by atoms with E-state index in [1.165, 1.54) is 5.56 Å². The van der Waals surface area contributed by atoms with Crippen LogP contribution < -0.4 is 0 Å². The Morgan fingerprint density at radius 2 is 1.96 bits per heavy atom. The molecule has 119 valence electrons. The van der Waals surface area contributed by atoms with E-state index in [2.05, 4.69) is 42.7 Å². The van der Waals surface area contributed by atoms with E-state index in [4.69, 9.17) is 21.3 Å². The average molecular weight is 328 g/mol. The molecular formula is C19H20ClN2O. The summed E-state index contributed by atoms with van der Waals surface area (Å²) in [7, 11) is 1.67. The van der Waals surface area contributed by atoms with Crippen molar-refractivity contribution in [3.05, 3.63) is 65.3 Å². The van der Waals surface area contributed by atoms with Gasteiger partial charge in [-0.1, -0.05) is 30.7 Å². The summed E-state index contributed by atoms with van der Waals surface area (Å²) in [4.78, 5) is 4.77. The van der Waals surface area contributed by atoms with Gasteiger partial charge in [-0.25, -0.2) is 4.98 Å². The van der Waals surface area contributed by atoms with Gasteiger partial charge in [0.2, 0.25) is 0 Å². The van der Waals surface area contributed by atoms with E-state index in [1.807, 2.05) is 12.1 Å². The van der Waals surface area contributed by atoms with Gasteiger partial charge in [0.1, 0.15) is 5.82 Å². The van der Waals surface area contributed by atoms with Crippen molar-refractivity contribution in [2.24, 2.45) is 0 Å². The predicted molar refractivity (Wildman–Crippen MR) is 95.2 cm³/mol. The zero-order valence-corrected chi connectivity index (χ0v) is 14.2. The SMILES string of the molecule is [CH2]Cc1ccc(-n2c(CC)nc3cc(COC)c(Cl)cc32)cc1. The normalized spacial score (nSPS) is 11.3. The maximum atomic E-state index is 6.41. The standard InChI is InChI=1S/C19H20ClN2O/c1-4-13-6-8-15(9-7-13)22-18-11-16(20)14(12-23-3)10-17(18)21-19(22)5-2/h6-11H,1,4-5,12H2,2-3H3. The third-order valence-corrected chi connectivity index (χ3v) is 4.34. The number of fused-ring (bicyclic) bond motifs is 1. The number of imidazole rings is 1. The van der Waals surface area contributed by atoms with Gasteiger partial charge in [0.15, 0.2) is 0 Å². The van der Waals surface area contributed by atoms with Gasteiger partial charge in [0.25, 0.3) is 0 Å². The van der Waals surface area contributed by atoms with Crippen molar-refractivity contribution in [1.82, 2.24) is 9.55 Å². The van der Waals surface area contributed by atoms with Crippen LogP contribution in [-0.4, -0.2) is 16.7 Å². The lowest BCUT2D eigenvalue weighted by Crippen LogP contribution is -2.00. The largest absolute Gasteiger partial charge is 0.380 e. The van der Waals surface area contributed by atoms with Crippen LogP contribution >= 0.6 is 11.6 Å². The number of aryl methyl sites for hydroxylation is 1. The number of aromatic nitrogens is 2. The van der Waals surface area contributed by atoms with E-state index < -0.39 is 0 Å². The van der Waals surface area contributed by atoms with Crippen LogP contribution in [0.1, 0.15) is 23.9 Å². The molecule has 3 rings (SSSR count). The summed E-state index contributed by atoms with van der Waals surface area (Å²) in [5.41, 5.74) is 5.24. The van der Waals surface area contributed by atoms with Crippen LogP contribution in [0, 0.1) is 6.92 Å². The topological polar surface area (TPSA) is 27.1 Å². The molecule has 23 heavy (non-hydrogen) atoms. The third kappa shape index (κ3) is 2.99. The zero-order valence-electron chi connectivity index (χ0n) is 13.5. The molecule has 0 fully saturated rings. The lowest BCUT2D eigenvalue weighted by atomic mass is 10.1. The Hall–Kier alpha value is -1.84. The molecule has 0 aliphatic heterocycles. The minimum absolute atomic E-state index is 0.487. The summed E-state index contributed by atoms with van der Waals surface area (Å²) in [6.07, 6.45) is 1.64. The lowest BCUT2D eigenvalue weighted by Gasteiger charge is -2.10. The molecule has 0 saturated heterocycles. The fourth-order valence-electron chi connectivity index (χ4n) is 2.79. The molecule has 0 aliphatic carbocycles. The van der Waals surface area contributed by atoms with Crippen molar-refractivity contribution in [1.29, 1.82) is 0 Å². The van der Waals surface area contributed by atoms with Gasteiger partial charge in [0, 0.05) is 24.2 Å². The van der Waals surface area contributed by atoms with Crippen LogP contribution in [-0.2, 0) is 24.2 Å². The molecule has 3 aromatic rings. The zero-order chi connectivity index (χ0) is 16.4. The van der Waals surface area contributed by atoms with Crippen LogP contribution in [0.25, 0.3) is 16.7 Å². The molecule has 0 N–H and O–H groups in total. The van der Waals surface area contributed by atoms with Crippen LogP contribution in [0.4, 0.5) is 0 Å². The highest BCUT2D eigenvalue weighted by molar-refractivity contribution is 6.32. The molecular weight excluding hydrogens is 308 g/mol. The monoisotopic (exact) mass is 327 g/mol. The number of nitrogens with zero attached hydrogens (tertiary/aromatic N) is 2. The summed E-state index contributed by atoms with van der Waals surface area (Å²) in [6, 6.07) is 12.4. The van der Waals surface area contributed by atoms with E-state index in [0.717, 1.165) is 41.0 Å². The molecule has 2 aromatic carbocycles. The van der Waals surface area contributed by atoms with E-state index >= 15 is 0 Å². The predicted octanol–water partition coefficient (Wildman–Crippen LogP) is 4.76. The second-order valence-corrected chi connectivity index (χ2v) is 5.91. The number of hydrogen-bond donors (Lipinski definition) is 0. The number of rotatable bonds is 5. The first-order valence-electron chi connectivity index (χ1n) is 7.75. The Bertz CT molecular complexity index is 821.